The van der Waals surface area contributed by atoms with Gasteiger partial charge in [0.1, 0.15) is 0 Å². The van der Waals surface area contributed by atoms with Crippen molar-refractivity contribution in [2.24, 2.45) is 5.10 Å². The standard InChI is InChI=1S/C18H18N4O2S/c1-11(2)22-25-13-7-8-16-14(9-13)17(18(24)19-16)21-20-15-6-4-3-5-12(15)10-23/h3-11,20,22H,1-2H3,(H,19,21,24). The van der Waals surface area contributed by atoms with E-state index in [-0.39, 0.29) is 5.91 Å². The number of rotatable bonds is 6. The van der Waals surface area contributed by atoms with Gasteiger partial charge in [-0.05, 0) is 56.1 Å². The smallest absolute Gasteiger partial charge is 0.276 e. The van der Waals surface area contributed by atoms with Gasteiger partial charge in [-0.1, -0.05) is 12.1 Å². The van der Waals surface area contributed by atoms with Crippen LogP contribution in [0.1, 0.15) is 29.8 Å². The van der Waals surface area contributed by atoms with Crippen molar-refractivity contribution in [1.29, 1.82) is 0 Å². The molecule has 0 radical (unpaired) electrons. The molecule has 1 amide bonds. The van der Waals surface area contributed by atoms with Crippen molar-refractivity contribution in [1.82, 2.24) is 4.72 Å². The van der Waals surface area contributed by atoms with Gasteiger partial charge in [-0.15, -0.1) is 0 Å². The number of hydrogen-bond acceptors (Lipinski definition) is 6. The molecule has 2 aromatic rings. The van der Waals surface area contributed by atoms with Crippen LogP contribution >= 0.6 is 11.9 Å². The van der Waals surface area contributed by atoms with Gasteiger partial charge in [-0.3, -0.25) is 19.7 Å². The maximum absolute atomic E-state index is 12.2. The third-order valence-corrected chi connectivity index (χ3v) is 4.58. The quantitative estimate of drug-likeness (QED) is 0.421. The molecule has 1 heterocycles. The van der Waals surface area contributed by atoms with Crippen LogP contribution in [0.4, 0.5) is 11.4 Å². The van der Waals surface area contributed by atoms with E-state index in [9.17, 15) is 9.59 Å². The van der Waals surface area contributed by atoms with Crippen molar-refractivity contribution in [3.63, 3.8) is 0 Å². The molecule has 0 aromatic heterocycles. The van der Waals surface area contributed by atoms with Crippen LogP contribution in [0.2, 0.25) is 0 Å². The fourth-order valence-electron chi connectivity index (χ4n) is 2.31. The number of nitrogens with zero attached hydrogens (tertiary/aromatic N) is 1. The lowest BCUT2D eigenvalue weighted by molar-refractivity contribution is -0.110. The fraction of sp³-hybridized carbons (Fsp3) is 0.167. The van der Waals surface area contributed by atoms with E-state index in [0.29, 0.717) is 23.0 Å². The zero-order valence-electron chi connectivity index (χ0n) is 13.9. The average Bonchev–Trinajstić information content (AvgIpc) is 2.93. The van der Waals surface area contributed by atoms with E-state index < -0.39 is 0 Å². The summed E-state index contributed by atoms with van der Waals surface area (Å²) in [4.78, 5) is 24.3. The lowest BCUT2D eigenvalue weighted by Crippen LogP contribution is -2.16. The highest BCUT2D eigenvalue weighted by Gasteiger charge is 2.26. The molecule has 0 bridgehead atoms. The summed E-state index contributed by atoms with van der Waals surface area (Å²) in [5.41, 5.74) is 5.61. The van der Waals surface area contributed by atoms with Gasteiger partial charge < -0.3 is 5.32 Å². The topological polar surface area (TPSA) is 82.6 Å². The van der Waals surface area contributed by atoms with Gasteiger partial charge in [0.05, 0.1) is 11.4 Å². The summed E-state index contributed by atoms with van der Waals surface area (Å²) >= 11 is 1.51. The second-order valence-electron chi connectivity index (χ2n) is 5.81. The van der Waals surface area contributed by atoms with Crippen LogP contribution in [-0.2, 0) is 4.79 Å². The summed E-state index contributed by atoms with van der Waals surface area (Å²) < 4.78 is 3.27. The summed E-state index contributed by atoms with van der Waals surface area (Å²) in [6, 6.07) is 13.0. The van der Waals surface area contributed by atoms with Crippen LogP contribution < -0.4 is 15.5 Å². The minimum atomic E-state index is -0.273. The van der Waals surface area contributed by atoms with E-state index in [1.807, 2.05) is 18.2 Å². The third kappa shape index (κ3) is 3.89. The van der Waals surface area contributed by atoms with Gasteiger partial charge in [0.2, 0.25) is 0 Å². The molecule has 7 heteroatoms. The van der Waals surface area contributed by atoms with E-state index in [2.05, 4.69) is 34.4 Å². The second-order valence-corrected chi connectivity index (χ2v) is 6.72. The minimum Gasteiger partial charge on any atom is -0.320 e. The number of benzene rings is 2. The van der Waals surface area contributed by atoms with Gasteiger partial charge in [0, 0.05) is 22.1 Å². The summed E-state index contributed by atoms with van der Waals surface area (Å²) in [6.45, 7) is 4.12. The van der Waals surface area contributed by atoms with Crippen molar-refractivity contribution in [3.05, 3.63) is 53.6 Å². The highest BCUT2D eigenvalue weighted by molar-refractivity contribution is 7.97. The van der Waals surface area contributed by atoms with Crippen LogP contribution in [0, 0.1) is 0 Å². The van der Waals surface area contributed by atoms with Crippen LogP contribution in [-0.4, -0.2) is 23.9 Å². The number of hydrazone groups is 1. The zero-order valence-corrected chi connectivity index (χ0v) is 14.7. The molecule has 128 valence electrons. The Hall–Kier alpha value is -2.64. The molecule has 0 atom stereocenters. The van der Waals surface area contributed by atoms with Crippen LogP contribution in [0.15, 0.2) is 52.5 Å². The summed E-state index contributed by atoms with van der Waals surface area (Å²) in [5, 5.41) is 7.02. The normalized spacial score (nSPS) is 14.5. The Kier molecular flexibility index (Phi) is 5.16. The van der Waals surface area contributed by atoms with E-state index in [1.54, 1.807) is 24.3 Å². The maximum atomic E-state index is 12.2. The molecule has 2 aromatic carbocycles. The predicted molar refractivity (Wildman–Crippen MR) is 101 cm³/mol. The molecule has 0 saturated carbocycles. The van der Waals surface area contributed by atoms with E-state index in [4.69, 9.17) is 0 Å². The van der Waals surface area contributed by atoms with Crippen molar-refractivity contribution in [2.45, 2.75) is 24.8 Å². The molecule has 6 nitrogen and oxygen atoms in total. The Morgan fingerprint density at radius 1 is 1.20 bits per heavy atom. The number of carbonyl (C=O) groups is 2. The Morgan fingerprint density at radius 2 is 2.00 bits per heavy atom. The number of nitrogens with one attached hydrogen (secondary N) is 3. The Labute approximate surface area is 150 Å². The first-order valence-corrected chi connectivity index (χ1v) is 8.66. The minimum absolute atomic E-state index is 0.273. The molecular formula is C18H18N4O2S. The highest BCUT2D eigenvalue weighted by Crippen LogP contribution is 2.28. The first-order valence-electron chi connectivity index (χ1n) is 7.84. The first kappa shape index (κ1) is 17.2. The largest absolute Gasteiger partial charge is 0.320 e. The van der Waals surface area contributed by atoms with E-state index in [1.165, 1.54) is 11.9 Å². The number of hydrogen-bond donors (Lipinski definition) is 3. The van der Waals surface area contributed by atoms with Crippen molar-refractivity contribution >= 4 is 41.2 Å². The van der Waals surface area contributed by atoms with Gasteiger partial charge in [-0.2, -0.15) is 5.10 Å². The van der Waals surface area contributed by atoms with Crippen LogP contribution in [0.3, 0.4) is 0 Å². The molecule has 3 N–H and O–H groups in total. The molecule has 0 aliphatic carbocycles. The van der Waals surface area contributed by atoms with Gasteiger partial charge in [-0.25, -0.2) is 0 Å². The summed E-state index contributed by atoms with van der Waals surface area (Å²) in [6.07, 6.45) is 0.748. The molecule has 0 unspecified atom stereocenters. The maximum Gasteiger partial charge on any atom is 0.276 e. The lowest BCUT2D eigenvalue weighted by atomic mass is 10.1. The zero-order chi connectivity index (χ0) is 17.8. The second kappa shape index (κ2) is 7.50. The Bertz CT molecular complexity index is 849. The molecule has 1 aliphatic heterocycles. The average molecular weight is 354 g/mol. The Balaban J connectivity index is 1.87. The van der Waals surface area contributed by atoms with Crippen molar-refractivity contribution < 1.29 is 9.59 Å². The molecule has 0 spiro atoms. The van der Waals surface area contributed by atoms with E-state index >= 15 is 0 Å². The molecule has 0 fully saturated rings. The summed E-state index contributed by atoms with van der Waals surface area (Å²) in [5.74, 6) is -0.273. The first-order chi connectivity index (χ1) is 12.1. The number of fused-ring (bicyclic) bond motifs is 1. The fourth-order valence-corrected chi connectivity index (χ4v) is 2.99. The SMILES string of the molecule is CC(C)NSc1ccc2c(c1)/C(=N/Nc1ccccc1C=O)C(=O)N2. The summed E-state index contributed by atoms with van der Waals surface area (Å²) in [7, 11) is 0. The van der Waals surface area contributed by atoms with Gasteiger partial charge in [0.15, 0.2) is 12.0 Å². The van der Waals surface area contributed by atoms with Crippen LogP contribution in [0.25, 0.3) is 0 Å². The molecule has 3 rings (SSSR count). The highest BCUT2D eigenvalue weighted by atomic mass is 32.2. The third-order valence-electron chi connectivity index (χ3n) is 3.50. The van der Waals surface area contributed by atoms with Crippen LogP contribution in [0.5, 0.6) is 0 Å². The molecular weight excluding hydrogens is 336 g/mol. The number of anilines is 2. The van der Waals surface area contributed by atoms with Crippen molar-refractivity contribution in [2.75, 3.05) is 10.7 Å². The van der Waals surface area contributed by atoms with Crippen molar-refractivity contribution in [3.8, 4) is 0 Å². The Morgan fingerprint density at radius 3 is 2.76 bits per heavy atom. The number of aldehydes is 1. The molecule has 25 heavy (non-hydrogen) atoms. The number of carbonyl (C=O) groups excluding carboxylic acids is 2. The predicted octanol–water partition coefficient (Wildman–Crippen LogP) is 3.27. The number of para-hydroxylation sites is 1. The van der Waals surface area contributed by atoms with Gasteiger partial charge in [0.25, 0.3) is 5.91 Å². The number of amides is 1. The molecule has 1 aliphatic rings. The molecule has 0 saturated heterocycles. The lowest BCUT2D eigenvalue weighted by Gasteiger charge is -2.08. The van der Waals surface area contributed by atoms with E-state index in [0.717, 1.165) is 22.4 Å². The monoisotopic (exact) mass is 354 g/mol. The van der Waals surface area contributed by atoms with Gasteiger partial charge >= 0.3 is 0 Å².